The molecule has 3 rings (SSSR count). The van der Waals surface area contributed by atoms with Crippen LogP contribution in [-0.2, 0) is 4.74 Å². The zero-order valence-corrected chi connectivity index (χ0v) is 12.1. The molecule has 110 valence electrons. The van der Waals surface area contributed by atoms with Crippen LogP contribution in [0, 0.1) is 0 Å². The topological polar surface area (TPSA) is 49.8 Å². The predicted octanol–water partition coefficient (Wildman–Crippen LogP) is 2.80. The number of carbonyl (C=O) groups is 1. The summed E-state index contributed by atoms with van der Waals surface area (Å²) in [5.74, 6) is -0.147. The van der Waals surface area contributed by atoms with Crippen LogP contribution in [0.4, 0.5) is 0 Å². The molecule has 0 spiro atoms. The number of aromatic hydroxyl groups is 1. The van der Waals surface area contributed by atoms with Crippen molar-refractivity contribution in [3.05, 3.63) is 42.0 Å². The fourth-order valence-corrected chi connectivity index (χ4v) is 2.78. The molecule has 1 atom stereocenters. The van der Waals surface area contributed by atoms with Crippen molar-refractivity contribution in [1.29, 1.82) is 0 Å². The minimum absolute atomic E-state index is 0.0258. The van der Waals surface area contributed by atoms with Gasteiger partial charge in [-0.05, 0) is 35.7 Å². The Bertz CT molecular complexity index is 662. The minimum Gasteiger partial charge on any atom is -0.507 e. The number of likely N-dealkylation sites (N-methyl/N-ethyl adjacent to an activating group) is 1. The number of carbonyl (C=O) groups excluding carboxylic acids is 1. The highest BCUT2D eigenvalue weighted by Gasteiger charge is 2.22. The SMILES string of the molecule is CN(CC1CCCO1)C(=O)c1cc2ccccc2cc1O. The van der Waals surface area contributed by atoms with Crippen LogP contribution in [-0.4, -0.2) is 42.2 Å². The molecule has 2 aromatic rings. The van der Waals surface area contributed by atoms with Crippen LogP contribution < -0.4 is 0 Å². The van der Waals surface area contributed by atoms with Gasteiger partial charge in [-0.3, -0.25) is 4.79 Å². The molecule has 0 radical (unpaired) electrons. The van der Waals surface area contributed by atoms with Crippen molar-refractivity contribution < 1.29 is 14.6 Å². The Morgan fingerprint density at radius 2 is 2.05 bits per heavy atom. The van der Waals surface area contributed by atoms with E-state index >= 15 is 0 Å². The Labute approximate surface area is 123 Å². The molecule has 0 aromatic heterocycles. The summed E-state index contributed by atoms with van der Waals surface area (Å²) in [5.41, 5.74) is 0.342. The van der Waals surface area contributed by atoms with Gasteiger partial charge in [-0.25, -0.2) is 0 Å². The first-order valence-corrected chi connectivity index (χ1v) is 7.24. The fraction of sp³-hybridized carbons (Fsp3) is 0.353. The molecule has 21 heavy (non-hydrogen) atoms. The number of benzene rings is 2. The number of hydrogen-bond donors (Lipinski definition) is 1. The second kappa shape index (κ2) is 5.74. The number of fused-ring (bicyclic) bond motifs is 1. The van der Waals surface area contributed by atoms with E-state index in [0.29, 0.717) is 12.1 Å². The lowest BCUT2D eigenvalue weighted by Gasteiger charge is -2.21. The van der Waals surface area contributed by atoms with Gasteiger partial charge in [0.2, 0.25) is 0 Å². The van der Waals surface area contributed by atoms with Gasteiger partial charge < -0.3 is 14.7 Å². The molecule has 0 bridgehead atoms. The van der Waals surface area contributed by atoms with Crippen LogP contribution in [0.1, 0.15) is 23.2 Å². The molecule has 1 aliphatic rings. The highest BCUT2D eigenvalue weighted by molar-refractivity contribution is 6.01. The van der Waals surface area contributed by atoms with E-state index in [2.05, 4.69) is 0 Å². The van der Waals surface area contributed by atoms with E-state index in [4.69, 9.17) is 4.74 Å². The quantitative estimate of drug-likeness (QED) is 0.943. The summed E-state index contributed by atoms with van der Waals surface area (Å²) in [6.45, 7) is 1.33. The van der Waals surface area contributed by atoms with Gasteiger partial charge in [-0.1, -0.05) is 24.3 Å². The lowest BCUT2D eigenvalue weighted by atomic mass is 10.0. The molecule has 1 N–H and O–H groups in total. The molecule has 1 amide bonds. The van der Waals surface area contributed by atoms with Gasteiger partial charge in [0.05, 0.1) is 11.7 Å². The number of phenolic OH excluding ortho intramolecular Hbond substituents is 1. The molecule has 1 heterocycles. The van der Waals surface area contributed by atoms with Crippen molar-refractivity contribution in [2.24, 2.45) is 0 Å². The summed E-state index contributed by atoms with van der Waals surface area (Å²) in [4.78, 5) is 14.1. The van der Waals surface area contributed by atoms with Crippen molar-refractivity contribution in [1.82, 2.24) is 4.90 Å². The summed E-state index contributed by atoms with van der Waals surface area (Å²) >= 11 is 0. The Hall–Kier alpha value is -2.07. The number of hydrogen-bond acceptors (Lipinski definition) is 3. The van der Waals surface area contributed by atoms with Gasteiger partial charge in [0, 0.05) is 20.2 Å². The van der Waals surface area contributed by atoms with E-state index in [9.17, 15) is 9.90 Å². The largest absolute Gasteiger partial charge is 0.507 e. The van der Waals surface area contributed by atoms with Crippen molar-refractivity contribution in [3.63, 3.8) is 0 Å². The van der Waals surface area contributed by atoms with E-state index in [0.717, 1.165) is 30.2 Å². The van der Waals surface area contributed by atoms with Gasteiger partial charge in [0.15, 0.2) is 0 Å². The molecule has 1 saturated heterocycles. The van der Waals surface area contributed by atoms with Crippen molar-refractivity contribution in [2.75, 3.05) is 20.2 Å². The van der Waals surface area contributed by atoms with Crippen LogP contribution in [0.3, 0.4) is 0 Å². The van der Waals surface area contributed by atoms with Crippen LogP contribution in [0.2, 0.25) is 0 Å². The van der Waals surface area contributed by atoms with Gasteiger partial charge in [0.1, 0.15) is 5.75 Å². The maximum Gasteiger partial charge on any atom is 0.257 e. The standard InChI is InChI=1S/C17H19NO3/c1-18(11-14-7-4-8-21-14)17(20)15-9-12-5-2-3-6-13(12)10-16(15)19/h2-3,5-6,9-10,14,19H,4,7-8,11H2,1H3. The molecule has 4 nitrogen and oxygen atoms in total. The van der Waals surface area contributed by atoms with Crippen LogP contribution in [0.5, 0.6) is 5.75 Å². The van der Waals surface area contributed by atoms with Gasteiger partial charge >= 0.3 is 0 Å². The monoisotopic (exact) mass is 285 g/mol. The van der Waals surface area contributed by atoms with Gasteiger partial charge in [-0.2, -0.15) is 0 Å². The van der Waals surface area contributed by atoms with E-state index < -0.39 is 0 Å². The third kappa shape index (κ3) is 2.85. The number of amides is 1. The maximum atomic E-state index is 12.5. The minimum atomic E-state index is -0.172. The first-order chi connectivity index (χ1) is 10.1. The Balaban J connectivity index is 1.84. The number of phenols is 1. The van der Waals surface area contributed by atoms with Crippen LogP contribution >= 0.6 is 0 Å². The smallest absolute Gasteiger partial charge is 0.257 e. The lowest BCUT2D eigenvalue weighted by molar-refractivity contribution is 0.0585. The van der Waals surface area contributed by atoms with Gasteiger partial charge in [-0.15, -0.1) is 0 Å². The zero-order valence-electron chi connectivity index (χ0n) is 12.1. The number of ether oxygens (including phenoxy) is 1. The molecule has 2 aromatic carbocycles. The Kier molecular flexibility index (Phi) is 3.80. The van der Waals surface area contributed by atoms with Crippen molar-refractivity contribution in [2.45, 2.75) is 18.9 Å². The first-order valence-electron chi connectivity index (χ1n) is 7.24. The average molecular weight is 285 g/mol. The maximum absolute atomic E-state index is 12.5. The third-order valence-corrected chi connectivity index (χ3v) is 3.94. The summed E-state index contributed by atoms with van der Waals surface area (Å²) in [5, 5.41) is 12.0. The molecular formula is C17H19NO3. The Morgan fingerprint density at radius 1 is 1.33 bits per heavy atom. The normalized spacial score (nSPS) is 18.0. The second-order valence-electron chi connectivity index (χ2n) is 5.54. The predicted molar refractivity (Wildman–Crippen MR) is 81.5 cm³/mol. The van der Waals surface area contributed by atoms with Gasteiger partial charge in [0.25, 0.3) is 5.91 Å². The Morgan fingerprint density at radius 3 is 2.71 bits per heavy atom. The molecule has 1 fully saturated rings. The average Bonchev–Trinajstić information content (AvgIpc) is 2.98. The first kappa shape index (κ1) is 13.9. The highest BCUT2D eigenvalue weighted by atomic mass is 16.5. The molecular weight excluding hydrogens is 266 g/mol. The van der Waals surface area contributed by atoms with Crippen LogP contribution in [0.15, 0.2) is 36.4 Å². The highest BCUT2D eigenvalue weighted by Crippen LogP contribution is 2.26. The third-order valence-electron chi connectivity index (χ3n) is 3.94. The fourth-order valence-electron chi connectivity index (χ4n) is 2.78. The van der Waals surface area contributed by atoms with E-state index in [-0.39, 0.29) is 17.8 Å². The molecule has 0 saturated carbocycles. The molecule has 1 aliphatic heterocycles. The summed E-state index contributed by atoms with van der Waals surface area (Å²) in [7, 11) is 1.75. The van der Waals surface area contributed by atoms with E-state index in [1.165, 1.54) is 0 Å². The van der Waals surface area contributed by atoms with Crippen molar-refractivity contribution >= 4 is 16.7 Å². The molecule has 0 aliphatic carbocycles. The zero-order chi connectivity index (χ0) is 14.8. The van der Waals surface area contributed by atoms with Crippen LogP contribution in [0.25, 0.3) is 10.8 Å². The lowest BCUT2D eigenvalue weighted by Crippen LogP contribution is -2.34. The van der Waals surface area contributed by atoms with Crippen molar-refractivity contribution in [3.8, 4) is 5.75 Å². The summed E-state index contributed by atoms with van der Waals surface area (Å²) in [6, 6.07) is 11.1. The molecule has 1 unspecified atom stereocenters. The summed E-state index contributed by atoms with van der Waals surface area (Å²) < 4.78 is 5.55. The number of nitrogens with zero attached hydrogens (tertiary/aromatic N) is 1. The van der Waals surface area contributed by atoms with E-state index in [1.807, 2.05) is 24.3 Å². The number of rotatable bonds is 3. The second-order valence-corrected chi connectivity index (χ2v) is 5.54. The molecule has 4 heteroatoms. The van der Waals surface area contributed by atoms with E-state index in [1.54, 1.807) is 24.1 Å². The summed E-state index contributed by atoms with van der Waals surface area (Å²) in [6.07, 6.45) is 2.15.